The van der Waals surface area contributed by atoms with E-state index >= 15 is 0 Å². The molecule has 1 aromatic heterocycles. The molecule has 0 saturated carbocycles. The van der Waals surface area contributed by atoms with Gasteiger partial charge in [-0.05, 0) is 52.3 Å². The first kappa shape index (κ1) is 14.9. The minimum absolute atomic E-state index is 0.408. The lowest BCUT2D eigenvalue weighted by Crippen LogP contribution is -2.14. The minimum Gasteiger partial charge on any atom is -0.392 e. The average Bonchev–Trinajstić information content (AvgIpc) is 2.41. The molecule has 2 rings (SSSR count). The lowest BCUT2D eigenvalue weighted by molar-refractivity contribution is 0.199. The first-order valence-corrected chi connectivity index (χ1v) is 7.96. The summed E-state index contributed by atoms with van der Waals surface area (Å²) in [7, 11) is 0. The van der Waals surface area contributed by atoms with Crippen molar-refractivity contribution in [3.63, 3.8) is 0 Å². The molecule has 0 aliphatic heterocycles. The number of nitrogens with zero attached hydrogens (tertiary/aromatic N) is 1. The predicted molar refractivity (Wildman–Crippen MR) is 83.8 cm³/mol. The van der Waals surface area contributed by atoms with Gasteiger partial charge >= 0.3 is 0 Å². The van der Waals surface area contributed by atoms with Crippen molar-refractivity contribution in [2.45, 2.75) is 17.4 Å². The molecule has 0 radical (unpaired) electrons. The third-order valence-electron chi connectivity index (χ3n) is 2.49. The van der Waals surface area contributed by atoms with E-state index in [-0.39, 0.29) is 0 Å². The van der Waals surface area contributed by atoms with Crippen molar-refractivity contribution >= 4 is 39.3 Å². The Hall–Kier alpha value is -0.550. The molecule has 2 aromatic rings. The van der Waals surface area contributed by atoms with Gasteiger partial charge in [-0.15, -0.1) is 11.8 Å². The second kappa shape index (κ2) is 7.29. The summed E-state index contributed by atoms with van der Waals surface area (Å²) in [5.74, 6) is 0.638. The van der Waals surface area contributed by atoms with E-state index in [0.717, 1.165) is 20.1 Å². The van der Waals surface area contributed by atoms with Crippen LogP contribution in [0.5, 0.6) is 0 Å². The van der Waals surface area contributed by atoms with E-state index in [0.29, 0.717) is 12.2 Å². The molecule has 19 heavy (non-hydrogen) atoms. The molecular formula is C14H13BrClNOS. The number of benzene rings is 1. The lowest BCUT2D eigenvalue weighted by atomic mass is 10.2. The van der Waals surface area contributed by atoms with Crippen LogP contribution in [0.25, 0.3) is 0 Å². The summed E-state index contributed by atoms with van der Waals surface area (Å²) in [6.07, 6.45) is 1.90. The minimum atomic E-state index is -0.408. The predicted octanol–water partition coefficient (Wildman–Crippen LogP) is 4.19. The van der Waals surface area contributed by atoms with Crippen LogP contribution in [-0.2, 0) is 6.42 Å². The number of thioether (sulfide) groups is 1. The smallest absolute Gasteiger partial charge is 0.0689 e. The second-order valence-corrected chi connectivity index (χ2v) is 6.54. The molecule has 1 aromatic carbocycles. The van der Waals surface area contributed by atoms with Crippen LogP contribution in [0.2, 0.25) is 5.02 Å². The summed E-state index contributed by atoms with van der Waals surface area (Å²) < 4.78 is 0.946. The Balaban J connectivity index is 1.82. The molecule has 0 aliphatic rings. The number of halogens is 2. The highest BCUT2D eigenvalue weighted by molar-refractivity contribution is 9.10. The van der Waals surface area contributed by atoms with Gasteiger partial charge in [-0.3, -0.25) is 4.98 Å². The Bertz CT molecular complexity index is 518. The van der Waals surface area contributed by atoms with Gasteiger partial charge < -0.3 is 5.11 Å². The molecular weight excluding hydrogens is 346 g/mol. The molecule has 0 bridgehead atoms. The van der Waals surface area contributed by atoms with E-state index in [1.807, 2.05) is 36.4 Å². The average molecular weight is 359 g/mol. The fourth-order valence-electron chi connectivity index (χ4n) is 1.55. The number of aliphatic hydroxyl groups excluding tert-OH is 1. The normalized spacial score (nSPS) is 12.4. The van der Waals surface area contributed by atoms with Crippen molar-refractivity contribution in [1.82, 2.24) is 4.98 Å². The van der Waals surface area contributed by atoms with Crippen molar-refractivity contribution in [2.24, 2.45) is 0 Å². The molecule has 0 fully saturated rings. The zero-order valence-electron chi connectivity index (χ0n) is 10.1. The summed E-state index contributed by atoms with van der Waals surface area (Å²) in [6, 6.07) is 11.5. The fraction of sp³-hybridized carbons (Fsp3) is 0.214. The van der Waals surface area contributed by atoms with Crippen molar-refractivity contribution in [3.05, 3.63) is 57.8 Å². The molecule has 1 unspecified atom stereocenters. The van der Waals surface area contributed by atoms with Crippen LogP contribution >= 0.6 is 39.3 Å². The van der Waals surface area contributed by atoms with Crippen LogP contribution in [0.3, 0.4) is 0 Å². The third kappa shape index (κ3) is 5.15. The maximum Gasteiger partial charge on any atom is 0.0689 e. The molecule has 1 heterocycles. The van der Waals surface area contributed by atoms with Gasteiger partial charge in [0, 0.05) is 38.5 Å². The highest BCUT2D eigenvalue weighted by atomic mass is 79.9. The van der Waals surface area contributed by atoms with Gasteiger partial charge in [0.05, 0.1) is 6.10 Å². The van der Waals surface area contributed by atoms with Gasteiger partial charge in [0.25, 0.3) is 0 Å². The molecule has 100 valence electrons. The topological polar surface area (TPSA) is 33.1 Å². The fourth-order valence-corrected chi connectivity index (χ4v) is 2.74. The van der Waals surface area contributed by atoms with E-state index in [4.69, 9.17) is 11.6 Å². The summed E-state index contributed by atoms with van der Waals surface area (Å²) >= 11 is 10.8. The Morgan fingerprint density at radius 3 is 2.58 bits per heavy atom. The van der Waals surface area contributed by atoms with E-state index in [1.54, 1.807) is 18.0 Å². The summed E-state index contributed by atoms with van der Waals surface area (Å²) in [5.41, 5.74) is 0.896. The Labute approximate surface area is 130 Å². The Kier molecular flexibility index (Phi) is 5.70. The van der Waals surface area contributed by atoms with Gasteiger partial charge in [-0.25, -0.2) is 0 Å². The number of rotatable bonds is 5. The van der Waals surface area contributed by atoms with Crippen LogP contribution in [-0.4, -0.2) is 21.9 Å². The number of pyridine rings is 1. The molecule has 0 spiro atoms. The molecule has 0 amide bonds. The molecule has 1 N–H and O–H groups in total. The molecule has 1 atom stereocenters. The van der Waals surface area contributed by atoms with Crippen LogP contribution < -0.4 is 0 Å². The summed E-state index contributed by atoms with van der Waals surface area (Å²) in [5, 5.41) is 10.7. The molecule has 5 heteroatoms. The van der Waals surface area contributed by atoms with Gasteiger partial charge in [-0.1, -0.05) is 11.6 Å². The second-order valence-electron chi connectivity index (χ2n) is 4.09. The highest BCUT2D eigenvalue weighted by Crippen LogP contribution is 2.21. The van der Waals surface area contributed by atoms with Crippen molar-refractivity contribution in [3.8, 4) is 0 Å². The van der Waals surface area contributed by atoms with E-state index < -0.39 is 6.10 Å². The number of aromatic nitrogens is 1. The Morgan fingerprint density at radius 1 is 1.21 bits per heavy atom. The zero-order chi connectivity index (χ0) is 13.7. The van der Waals surface area contributed by atoms with E-state index in [2.05, 4.69) is 20.9 Å². The van der Waals surface area contributed by atoms with Crippen LogP contribution in [0.15, 0.2) is 52.0 Å². The van der Waals surface area contributed by atoms with Crippen molar-refractivity contribution < 1.29 is 5.11 Å². The van der Waals surface area contributed by atoms with Crippen LogP contribution in [0.1, 0.15) is 5.69 Å². The lowest BCUT2D eigenvalue weighted by Gasteiger charge is -2.10. The van der Waals surface area contributed by atoms with E-state index in [1.165, 1.54) is 0 Å². The Morgan fingerprint density at radius 2 is 1.95 bits per heavy atom. The van der Waals surface area contributed by atoms with Crippen molar-refractivity contribution in [2.75, 3.05) is 5.75 Å². The number of hydrogen-bond donors (Lipinski definition) is 1. The molecule has 0 saturated heterocycles. The first-order chi connectivity index (χ1) is 9.13. The number of aliphatic hydroxyl groups is 1. The van der Waals surface area contributed by atoms with Gasteiger partial charge in [0.15, 0.2) is 0 Å². The van der Waals surface area contributed by atoms with Crippen LogP contribution in [0, 0.1) is 0 Å². The van der Waals surface area contributed by atoms with Crippen molar-refractivity contribution in [1.29, 1.82) is 0 Å². The first-order valence-electron chi connectivity index (χ1n) is 5.80. The third-order valence-corrected chi connectivity index (χ3v) is 4.37. The summed E-state index contributed by atoms with van der Waals surface area (Å²) in [4.78, 5) is 5.36. The zero-order valence-corrected chi connectivity index (χ0v) is 13.3. The standard InChI is InChI=1S/C14H13BrClNOS/c15-10-1-4-12(17-8-10)7-13(18)9-19-14-5-2-11(16)3-6-14/h1-6,8,13,18H,7,9H2. The maximum atomic E-state index is 9.99. The van der Waals surface area contributed by atoms with Gasteiger partial charge in [0.2, 0.25) is 0 Å². The molecule has 2 nitrogen and oxygen atoms in total. The summed E-state index contributed by atoms with van der Waals surface area (Å²) in [6.45, 7) is 0. The monoisotopic (exact) mass is 357 g/mol. The molecule has 0 aliphatic carbocycles. The van der Waals surface area contributed by atoms with Gasteiger partial charge in [-0.2, -0.15) is 0 Å². The quantitative estimate of drug-likeness (QED) is 0.813. The van der Waals surface area contributed by atoms with Gasteiger partial charge in [0.1, 0.15) is 0 Å². The van der Waals surface area contributed by atoms with E-state index in [9.17, 15) is 5.11 Å². The largest absolute Gasteiger partial charge is 0.392 e. The highest BCUT2D eigenvalue weighted by Gasteiger charge is 2.07. The number of hydrogen-bond acceptors (Lipinski definition) is 3. The van der Waals surface area contributed by atoms with Crippen LogP contribution in [0.4, 0.5) is 0 Å². The SMILES string of the molecule is OC(CSc1ccc(Cl)cc1)Cc1ccc(Br)cn1. The maximum absolute atomic E-state index is 9.99.